The molecule has 3 nitrogen and oxygen atoms in total. The lowest BCUT2D eigenvalue weighted by Gasteiger charge is -2.12. The number of ketones is 1. The Labute approximate surface area is 105 Å². The van der Waals surface area contributed by atoms with Crippen LogP contribution in [0.5, 0.6) is 11.5 Å². The van der Waals surface area contributed by atoms with Gasteiger partial charge in [-0.15, -0.1) is 0 Å². The summed E-state index contributed by atoms with van der Waals surface area (Å²) in [4.78, 5) is 10.9. The van der Waals surface area contributed by atoms with Gasteiger partial charge in [-0.25, -0.2) is 0 Å². The Morgan fingerprint density at radius 1 is 1.33 bits per heavy atom. The average molecular weight is 258 g/mol. The third kappa shape index (κ3) is 4.69. The maximum atomic E-state index is 12.2. The highest BCUT2D eigenvalue weighted by atomic mass is 19.3. The molecular formula is C13H16F2O3. The van der Waals surface area contributed by atoms with Crippen molar-refractivity contribution in [2.75, 3.05) is 6.61 Å². The number of benzene rings is 1. The zero-order valence-electron chi connectivity index (χ0n) is 10.4. The van der Waals surface area contributed by atoms with Crippen LogP contribution in [0.25, 0.3) is 0 Å². The van der Waals surface area contributed by atoms with Gasteiger partial charge in [0.05, 0.1) is 6.61 Å². The van der Waals surface area contributed by atoms with Gasteiger partial charge in [-0.2, -0.15) is 8.78 Å². The third-order valence-electron chi connectivity index (χ3n) is 2.29. The molecular weight excluding hydrogens is 242 g/mol. The van der Waals surface area contributed by atoms with Gasteiger partial charge in [0.2, 0.25) is 0 Å². The van der Waals surface area contributed by atoms with Crippen molar-refractivity contribution in [3.05, 3.63) is 23.8 Å². The van der Waals surface area contributed by atoms with Crippen molar-refractivity contribution in [2.24, 2.45) is 0 Å². The van der Waals surface area contributed by atoms with Crippen molar-refractivity contribution >= 4 is 5.78 Å². The quantitative estimate of drug-likeness (QED) is 0.753. The first-order valence-electron chi connectivity index (χ1n) is 5.73. The standard InChI is InChI=1S/C13H16F2O3/c1-3-17-12-8-10(5-4-9(2)16)6-7-11(12)18-13(14)15/h6-8,13H,3-5H2,1-2H3. The molecule has 0 atom stereocenters. The van der Waals surface area contributed by atoms with Crippen LogP contribution in [0.1, 0.15) is 25.8 Å². The summed E-state index contributed by atoms with van der Waals surface area (Å²) in [5, 5.41) is 0. The molecule has 1 aromatic rings. The molecule has 0 aliphatic heterocycles. The molecule has 0 aromatic heterocycles. The van der Waals surface area contributed by atoms with E-state index < -0.39 is 6.61 Å². The van der Waals surface area contributed by atoms with E-state index in [2.05, 4.69) is 4.74 Å². The Morgan fingerprint density at radius 2 is 2.06 bits per heavy atom. The first-order valence-corrected chi connectivity index (χ1v) is 5.73. The molecule has 100 valence electrons. The maximum absolute atomic E-state index is 12.2. The smallest absolute Gasteiger partial charge is 0.387 e. The van der Waals surface area contributed by atoms with Crippen LogP contribution in [0, 0.1) is 0 Å². The predicted molar refractivity (Wildman–Crippen MR) is 63.2 cm³/mol. The van der Waals surface area contributed by atoms with E-state index >= 15 is 0 Å². The summed E-state index contributed by atoms with van der Waals surface area (Å²) in [5.41, 5.74) is 0.857. The van der Waals surface area contributed by atoms with Gasteiger partial charge in [-0.3, -0.25) is 0 Å². The summed E-state index contributed by atoms with van der Waals surface area (Å²) in [5.74, 6) is 0.373. The lowest BCUT2D eigenvalue weighted by molar-refractivity contribution is -0.116. The van der Waals surface area contributed by atoms with Crippen molar-refractivity contribution in [1.29, 1.82) is 0 Å². The molecule has 0 fully saturated rings. The molecule has 0 radical (unpaired) electrons. The fourth-order valence-corrected chi connectivity index (χ4v) is 1.49. The van der Waals surface area contributed by atoms with Crippen LogP contribution in [0.2, 0.25) is 0 Å². The fraction of sp³-hybridized carbons (Fsp3) is 0.462. The molecule has 0 saturated carbocycles. The van der Waals surface area contributed by atoms with Gasteiger partial charge < -0.3 is 14.3 Å². The van der Waals surface area contributed by atoms with E-state index in [1.165, 1.54) is 13.0 Å². The van der Waals surface area contributed by atoms with Crippen molar-refractivity contribution in [3.8, 4) is 11.5 Å². The number of carbonyl (C=O) groups excluding carboxylic acids is 1. The molecule has 5 heteroatoms. The molecule has 0 aliphatic rings. The zero-order chi connectivity index (χ0) is 13.5. The number of rotatable bonds is 7. The Hall–Kier alpha value is -1.65. The van der Waals surface area contributed by atoms with Gasteiger partial charge in [-0.05, 0) is 38.0 Å². The molecule has 0 saturated heterocycles. The van der Waals surface area contributed by atoms with E-state index in [1.807, 2.05) is 0 Å². The van der Waals surface area contributed by atoms with Crippen molar-refractivity contribution < 1.29 is 23.0 Å². The minimum Gasteiger partial charge on any atom is -0.490 e. The summed E-state index contributed by atoms with van der Waals surface area (Å²) in [6.07, 6.45) is 0.977. The van der Waals surface area contributed by atoms with E-state index in [0.29, 0.717) is 19.4 Å². The Kier molecular flexibility index (Phi) is 5.55. The fourth-order valence-electron chi connectivity index (χ4n) is 1.49. The minimum absolute atomic E-state index is 0.0124. The Morgan fingerprint density at radius 3 is 2.61 bits per heavy atom. The third-order valence-corrected chi connectivity index (χ3v) is 2.29. The van der Waals surface area contributed by atoms with Gasteiger partial charge >= 0.3 is 6.61 Å². The summed E-state index contributed by atoms with van der Waals surface area (Å²) in [7, 11) is 0. The normalized spacial score (nSPS) is 10.5. The van der Waals surface area contributed by atoms with E-state index in [0.717, 1.165) is 5.56 Å². The lowest BCUT2D eigenvalue weighted by Crippen LogP contribution is -2.05. The molecule has 0 unspecified atom stereocenters. The number of carbonyl (C=O) groups is 1. The summed E-state index contributed by atoms with van der Waals surface area (Å²) in [6, 6.07) is 4.72. The molecule has 0 amide bonds. The number of alkyl halides is 2. The van der Waals surface area contributed by atoms with Crippen LogP contribution in [0.3, 0.4) is 0 Å². The lowest BCUT2D eigenvalue weighted by atomic mass is 10.1. The molecule has 18 heavy (non-hydrogen) atoms. The number of Topliss-reactive ketones (excluding diaryl/α,β-unsaturated/α-hetero) is 1. The van der Waals surface area contributed by atoms with Crippen molar-refractivity contribution in [2.45, 2.75) is 33.3 Å². The van der Waals surface area contributed by atoms with Crippen molar-refractivity contribution in [1.82, 2.24) is 0 Å². The van der Waals surface area contributed by atoms with Gasteiger partial charge in [-0.1, -0.05) is 6.07 Å². The van der Waals surface area contributed by atoms with Crippen LogP contribution in [-0.2, 0) is 11.2 Å². The number of hydrogen-bond acceptors (Lipinski definition) is 3. The minimum atomic E-state index is -2.88. The van der Waals surface area contributed by atoms with E-state index in [-0.39, 0.29) is 17.3 Å². The average Bonchev–Trinajstić information content (AvgIpc) is 2.29. The SMILES string of the molecule is CCOc1cc(CCC(C)=O)ccc1OC(F)F. The van der Waals surface area contributed by atoms with Gasteiger partial charge in [0, 0.05) is 6.42 Å². The Balaban J connectivity index is 2.84. The van der Waals surface area contributed by atoms with Crippen LogP contribution in [-0.4, -0.2) is 19.0 Å². The second kappa shape index (κ2) is 6.93. The van der Waals surface area contributed by atoms with Crippen LogP contribution >= 0.6 is 0 Å². The van der Waals surface area contributed by atoms with Crippen LogP contribution in [0.4, 0.5) is 8.78 Å². The highest BCUT2D eigenvalue weighted by Crippen LogP contribution is 2.30. The topological polar surface area (TPSA) is 35.5 Å². The molecule has 0 aliphatic carbocycles. The van der Waals surface area contributed by atoms with Gasteiger partial charge in [0.25, 0.3) is 0 Å². The van der Waals surface area contributed by atoms with Gasteiger partial charge in [0.15, 0.2) is 11.5 Å². The van der Waals surface area contributed by atoms with E-state index in [4.69, 9.17) is 4.74 Å². The molecule has 1 aromatic carbocycles. The largest absolute Gasteiger partial charge is 0.490 e. The summed E-state index contributed by atoms with van der Waals surface area (Å²) in [6.45, 7) is 0.745. The maximum Gasteiger partial charge on any atom is 0.387 e. The van der Waals surface area contributed by atoms with E-state index in [1.54, 1.807) is 19.1 Å². The van der Waals surface area contributed by atoms with Crippen LogP contribution in [0.15, 0.2) is 18.2 Å². The molecule has 0 heterocycles. The summed E-state index contributed by atoms with van der Waals surface area (Å²) < 4.78 is 33.9. The monoisotopic (exact) mass is 258 g/mol. The number of ether oxygens (including phenoxy) is 2. The molecule has 0 N–H and O–H groups in total. The predicted octanol–water partition coefficient (Wildman–Crippen LogP) is 3.21. The number of halogens is 2. The zero-order valence-corrected chi connectivity index (χ0v) is 10.4. The number of aryl methyl sites for hydroxylation is 1. The van der Waals surface area contributed by atoms with Crippen molar-refractivity contribution in [3.63, 3.8) is 0 Å². The summed E-state index contributed by atoms with van der Waals surface area (Å²) >= 11 is 0. The first-order chi connectivity index (χ1) is 8.52. The highest BCUT2D eigenvalue weighted by molar-refractivity contribution is 5.75. The van der Waals surface area contributed by atoms with E-state index in [9.17, 15) is 13.6 Å². The number of hydrogen-bond donors (Lipinski definition) is 0. The highest BCUT2D eigenvalue weighted by Gasteiger charge is 2.11. The Bertz CT molecular complexity index is 405. The second-order valence-electron chi connectivity index (χ2n) is 3.79. The second-order valence-corrected chi connectivity index (χ2v) is 3.79. The van der Waals surface area contributed by atoms with Crippen LogP contribution < -0.4 is 9.47 Å². The molecule has 1 rings (SSSR count). The molecule has 0 bridgehead atoms. The molecule has 0 spiro atoms. The first kappa shape index (κ1) is 14.4. The van der Waals surface area contributed by atoms with Gasteiger partial charge in [0.1, 0.15) is 5.78 Å².